The van der Waals surface area contributed by atoms with Gasteiger partial charge in [-0.15, -0.1) is 0 Å². The molecule has 17 heavy (non-hydrogen) atoms. The first kappa shape index (κ1) is 13.6. The van der Waals surface area contributed by atoms with Crippen LogP contribution in [-0.4, -0.2) is 12.0 Å². The summed E-state index contributed by atoms with van der Waals surface area (Å²) in [4.78, 5) is 11.4. The second-order valence-corrected chi connectivity index (χ2v) is 4.69. The number of carbonyl (C=O) groups is 1. The van der Waals surface area contributed by atoms with Gasteiger partial charge in [-0.2, -0.15) is 0 Å². The van der Waals surface area contributed by atoms with Crippen molar-refractivity contribution in [2.45, 2.75) is 40.3 Å². The SMILES string of the molecule is CC(C)Oc1cccc(CNC(=O)C(C)C)c1. The Bertz CT molecular complexity index is 372. The molecule has 0 aliphatic carbocycles. The second kappa shape index (κ2) is 6.28. The predicted octanol–water partition coefficient (Wildman–Crippen LogP) is 2.75. The molecule has 3 nitrogen and oxygen atoms in total. The Morgan fingerprint density at radius 3 is 2.59 bits per heavy atom. The van der Waals surface area contributed by atoms with Gasteiger partial charge in [-0.25, -0.2) is 0 Å². The fraction of sp³-hybridized carbons (Fsp3) is 0.500. The van der Waals surface area contributed by atoms with E-state index in [9.17, 15) is 4.79 Å². The smallest absolute Gasteiger partial charge is 0.222 e. The van der Waals surface area contributed by atoms with Gasteiger partial charge in [-0.3, -0.25) is 4.79 Å². The summed E-state index contributed by atoms with van der Waals surface area (Å²) < 4.78 is 5.60. The molecule has 1 amide bonds. The van der Waals surface area contributed by atoms with E-state index in [-0.39, 0.29) is 17.9 Å². The molecular weight excluding hydrogens is 214 g/mol. The highest BCUT2D eigenvalue weighted by molar-refractivity contribution is 5.77. The summed E-state index contributed by atoms with van der Waals surface area (Å²) in [6.45, 7) is 8.30. The Hall–Kier alpha value is -1.51. The molecule has 94 valence electrons. The van der Waals surface area contributed by atoms with Crippen LogP contribution in [0, 0.1) is 5.92 Å². The zero-order chi connectivity index (χ0) is 12.8. The Balaban J connectivity index is 2.57. The quantitative estimate of drug-likeness (QED) is 0.852. The summed E-state index contributed by atoms with van der Waals surface area (Å²) >= 11 is 0. The summed E-state index contributed by atoms with van der Waals surface area (Å²) in [6.07, 6.45) is 0.163. The van der Waals surface area contributed by atoms with Crippen LogP contribution in [0.1, 0.15) is 33.3 Å². The first-order valence-electron chi connectivity index (χ1n) is 6.02. The van der Waals surface area contributed by atoms with Crippen LogP contribution in [0.4, 0.5) is 0 Å². The topological polar surface area (TPSA) is 38.3 Å². The molecule has 0 aliphatic rings. The standard InChI is InChI=1S/C14H21NO2/c1-10(2)14(16)15-9-12-6-5-7-13(8-12)17-11(3)4/h5-8,10-11H,9H2,1-4H3,(H,15,16). The number of amides is 1. The average Bonchev–Trinajstić information content (AvgIpc) is 2.25. The molecule has 0 fully saturated rings. The van der Waals surface area contributed by atoms with Crippen molar-refractivity contribution in [1.82, 2.24) is 5.32 Å². The fourth-order valence-electron chi connectivity index (χ4n) is 1.39. The van der Waals surface area contributed by atoms with Crippen LogP contribution in [0.25, 0.3) is 0 Å². The van der Waals surface area contributed by atoms with Gasteiger partial charge in [0, 0.05) is 12.5 Å². The minimum Gasteiger partial charge on any atom is -0.491 e. The van der Waals surface area contributed by atoms with E-state index in [1.807, 2.05) is 52.0 Å². The van der Waals surface area contributed by atoms with E-state index in [0.29, 0.717) is 6.54 Å². The number of hydrogen-bond donors (Lipinski definition) is 1. The molecule has 0 saturated carbocycles. The molecule has 0 radical (unpaired) electrons. The summed E-state index contributed by atoms with van der Waals surface area (Å²) in [5, 5.41) is 2.88. The maximum Gasteiger partial charge on any atom is 0.222 e. The predicted molar refractivity (Wildman–Crippen MR) is 68.9 cm³/mol. The molecule has 0 aliphatic heterocycles. The zero-order valence-corrected chi connectivity index (χ0v) is 11.0. The van der Waals surface area contributed by atoms with Crippen LogP contribution in [0.5, 0.6) is 5.75 Å². The zero-order valence-electron chi connectivity index (χ0n) is 11.0. The Morgan fingerprint density at radius 2 is 2.00 bits per heavy atom. The molecule has 0 bridgehead atoms. The van der Waals surface area contributed by atoms with Gasteiger partial charge in [0.1, 0.15) is 5.75 Å². The third-order valence-corrected chi connectivity index (χ3v) is 2.26. The summed E-state index contributed by atoms with van der Waals surface area (Å²) in [6, 6.07) is 7.80. The van der Waals surface area contributed by atoms with E-state index in [0.717, 1.165) is 11.3 Å². The average molecular weight is 235 g/mol. The van der Waals surface area contributed by atoms with Crippen LogP contribution in [0.15, 0.2) is 24.3 Å². The van der Waals surface area contributed by atoms with Crippen molar-refractivity contribution < 1.29 is 9.53 Å². The lowest BCUT2D eigenvalue weighted by atomic mass is 10.2. The minimum absolute atomic E-state index is 0.0186. The van der Waals surface area contributed by atoms with E-state index in [1.165, 1.54) is 0 Å². The van der Waals surface area contributed by atoms with Crippen LogP contribution in [-0.2, 0) is 11.3 Å². The van der Waals surface area contributed by atoms with E-state index in [2.05, 4.69) is 5.32 Å². The first-order chi connectivity index (χ1) is 7.99. The molecule has 3 heteroatoms. The molecule has 1 aromatic carbocycles. The number of hydrogen-bond acceptors (Lipinski definition) is 2. The summed E-state index contributed by atoms with van der Waals surface area (Å²) in [5.41, 5.74) is 1.05. The number of benzene rings is 1. The third kappa shape index (κ3) is 4.89. The Morgan fingerprint density at radius 1 is 1.29 bits per heavy atom. The van der Waals surface area contributed by atoms with Crippen molar-refractivity contribution in [3.63, 3.8) is 0 Å². The normalized spacial score (nSPS) is 10.7. The van der Waals surface area contributed by atoms with E-state index < -0.39 is 0 Å². The van der Waals surface area contributed by atoms with Crippen LogP contribution in [0.3, 0.4) is 0 Å². The first-order valence-corrected chi connectivity index (χ1v) is 6.02. The molecule has 1 N–H and O–H groups in total. The highest BCUT2D eigenvalue weighted by atomic mass is 16.5. The fourth-order valence-corrected chi connectivity index (χ4v) is 1.39. The molecular formula is C14H21NO2. The number of nitrogens with one attached hydrogen (secondary N) is 1. The largest absolute Gasteiger partial charge is 0.491 e. The summed E-state index contributed by atoms with van der Waals surface area (Å²) in [5.74, 6) is 0.932. The van der Waals surface area contributed by atoms with Crippen molar-refractivity contribution in [3.05, 3.63) is 29.8 Å². The highest BCUT2D eigenvalue weighted by Crippen LogP contribution is 2.14. The lowest BCUT2D eigenvalue weighted by molar-refractivity contribution is -0.124. The van der Waals surface area contributed by atoms with Gasteiger partial charge in [0.05, 0.1) is 6.10 Å². The number of ether oxygens (including phenoxy) is 1. The van der Waals surface area contributed by atoms with Crippen LogP contribution in [0.2, 0.25) is 0 Å². The van der Waals surface area contributed by atoms with Gasteiger partial charge >= 0.3 is 0 Å². The van der Waals surface area contributed by atoms with Crippen LogP contribution < -0.4 is 10.1 Å². The second-order valence-electron chi connectivity index (χ2n) is 4.69. The maximum atomic E-state index is 11.4. The number of rotatable bonds is 5. The van der Waals surface area contributed by atoms with Gasteiger partial charge in [0.15, 0.2) is 0 Å². The molecule has 0 spiro atoms. The molecule has 0 heterocycles. The molecule has 0 saturated heterocycles. The third-order valence-electron chi connectivity index (χ3n) is 2.26. The van der Waals surface area contributed by atoms with Gasteiger partial charge in [0.25, 0.3) is 0 Å². The van der Waals surface area contributed by atoms with Crippen molar-refractivity contribution in [2.75, 3.05) is 0 Å². The van der Waals surface area contributed by atoms with Crippen molar-refractivity contribution in [3.8, 4) is 5.75 Å². The van der Waals surface area contributed by atoms with Crippen molar-refractivity contribution >= 4 is 5.91 Å². The highest BCUT2D eigenvalue weighted by Gasteiger charge is 2.06. The van der Waals surface area contributed by atoms with Crippen molar-refractivity contribution in [1.29, 1.82) is 0 Å². The Kier molecular flexibility index (Phi) is 5.01. The van der Waals surface area contributed by atoms with E-state index in [4.69, 9.17) is 4.74 Å². The van der Waals surface area contributed by atoms with Crippen LogP contribution >= 0.6 is 0 Å². The monoisotopic (exact) mass is 235 g/mol. The summed E-state index contributed by atoms with van der Waals surface area (Å²) in [7, 11) is 0. The van der Waals surface area contributed by atoms with E-state index in [1.54, 1.807) is 0 Å². The molecule has 0 aromatic heterocycles. The van der Waals surface area contributed by atoms with Crippen molar-refractivity contribution in [2.24, 2.45) is 5.92 Å². The molecule has 0 atom stereocenters. The van der Waals surface area contributed by atoms with Gasteiger partial charge in [-0.1, -0.05) is 26.0 Å². The van der Waals surface area contributed by atoms with Gasteiger partial charge < -0.3 is 10.1 Å². The maximum absolute atomic E-state index is 11.4. The van der Waals surface area contributed by atoms with E-state index >= 15 is 0 Å². The van der Waals surface area contributed by atoms with Gasteiger partial charge in [0.2, 0.25) is 5.91 Å². The Labute approximate surface area is 103 Å². The molecule has 1 aromatic rings. The molecule has 1 rings (SSSR count). The number of carbonyl (C=O) groups excluding carboxylic acids is 1. The lowest BCUT2D eigenvalue weighted by Gasteiger charge is -2.12. The minimum atomic E-state index is 0.0186. The lowest BCUT2D eigenvalue weighted by Crippen LogP contribution is -2.27. The van der Waals surface area contributed by atoms with Gasteiger partial charge in [-0.05, 0) is 31.5 Å². The molecule has 0 unspecified atom stereocenters.